The first-order valence-electron chi connectivity index (χ1n) is 3.49. The van der Waals surface area contributed by atoms with Gasteiger partial charge in [-0.3, -0.25) is 0 Å². The highest BCUT2D eigenvalue weighted by molar-refractivity contribution is 5.55. The van der Waals surface area contributed by atoms with Crippen LogP contribution in [0.2, 0.25) is 0 Å². The van der Waals surface area contributed by atoms with E-state index in [1.807, 2.05) is 6.92 Å². The third kappa shape index (κ3) is 0.685. The van der Waals surface area contributed by atoms with Crippen molar-refractivity contribution in [3.05, 3.63) is 23.1 Å². The van der Waals surface area contributed by atoms with Crippen LogP contribution in [-0.2, 0) is 6.42 Å². The highest BCUT2D eigenvalue weighted by Gasteiger charge is 2.11. The van der Waals surface area contributed by atoms with Crippen molar-refractivity contribution in [1.29, 1.82) is 0 Å². The van der Waals surface area contributed by atoms with E-state index in [4.69, 9.17) is 4.52 Å². The lowest BCUT2D eigenvalue weighted by Gasteiger charge is -1.99. The summed E-state index contributed by atoms with van der Waals surface area (Å²) in [5.41, 5.74) is 2.19. The lowest BCUT2D eigenvalue weighted by molar-refractivity contribution is 0.379. The van der Waals surface area contributed by atoms with E-state index in [1.54, 1.807) is 0 Å². The SMILES string of the molecule is Cc1noc2c1C=CCC2. The second-order valence-corrected chi connectivity index (χ2v) is 2.55. The van der Waals surface area contributed by atoms with E-state index in [2.05, 4.69) is 17.3 Å². The Kier molecular flexibility index (Phi) is 1.13. The third-order valence-corrected chi connectivity index (χ3v) is 1.81. The maximum Gasteiger partial charge on any atom is 0.144 e. The fourth-order valence-corrected chi connectivity index (χ4v) is 1.23. The van der Waals surface area contributed by atoms with Crippen molar-refractivity contribution in [1.82, 2.24) is 5.16 Å². The first-order valence-corrected chi connectivity index (χ1v) is 3.49. The maximum atomic E-state index is 5.09. The lowest BCUT2D eigenvalue weighted by atomic mass is 10.0. The molecule has 2 heteroatoms. The summed E-state index contributed by atoms with van der Waals surface area (Å²) in [4.78, 5) is 0. The van der Waals surface area contributed by atoms with Gasteiger partial charge in [-0.15, -0.1) is 0 Å². The second-order valence-electron chi connectivity index (χ2n) is 2.55. The molecule has 0 N–H and O–H groups in total. The minimum Gasteiger partial charge on any atom is -0.360 e. The number of aryl methyl sites for hydroxylation is 2. The molecule has 0 spiro atoms. The average Bonchev–Trinajstić information content (AvgIpc) is 2.34. The summed E-state index contributed by atoms with van der Waals surface area (Å²) in [6.07, 6.45) is 6.34. The molecule has 0 amide bonds. The van der Waals surface area contributed by atoms with E-state index in [0.717, 1.165) is 24.3 Å². The van der Waals surface area contributed by atoms with Gasteiger partial charge in [0.2, 0.25) is 0 Å². The Hall–Kier alpha value is -1.05. The van der Waals surface area contributed by atoms with E-state index < -0.39 is 0 Å². The van der Waals surface area contributed by atoms with Gasteiger partial charge in [-0.25, -0.2) is 0 Å². The van der Waals surface area contributed by atoms with Crippen LogP contribution in [0.15, 0.2) is 10.6 Å². The molecule has 0 aromatic carbocycles. The average molecular weight is 135 g/mol. The Balaban J connectivity index is 2.57. The minimum absolute atomic E-state index is 1.01. The summed E-state index contributed by atoms with van der Waals surface area (Å²) in [6, 6.07) is 0. The predicted octanol–water partition coefficient (Wildman–Crippen LogP) is 1.94. The summed E-state index contributed by atoms with van der Waals surface area (Å²) in [6.45, 7) is 1.97. The van der Waals surface area contributed by atoms with Crippen molar-refractivity contribution in [2.45, 2.75) is 19.8 Å². The molecule has 0 saturated carbocycles. The third-order valence-electron chi connectivity index (χ3n) is 1.81. The van der Waals surface area contributed by atoms with Crippen LogP contribution in [0.5, 0.6) is 0 Å². The molecule has 2 rings (SSSR count). The Morgan fingerprint density at radius 3 is 3.30 bits per heavy atom. The molecule has 52 valence electrons. The molecule has 0 saturated heterocycles. The van der Waals surface area contributed by atoms with Crippen molar-refractivity contribution in [3.8, 4) is 0 Å². The van der Waals surface area contributed by atoms with E-state index in [9.17, 15) is 0 Å². The molecule has 0 atom stereocenters. The van der Waals surface area contributed by atoms with Crippen molar-refractivity contribution in [2.24, 2.45) is 0 Å². The van der Waals surface area contributed by atoms with E-state index >= 15 is 0 Å². The summed E-state index contributed by atoms with van der Waals surface area (Å²) in [5, 5.41) is 3.87. The highest BCUT2D eigenvalue weighted by atomic mass is 16.5. The molecule has 1 heterocycles. The van der Waals surface area contributed by atoms with Gasteiger partial charge >= 0.3 is 0 Å². The molecule has 10 heavy (non-hydrogen) atoms. The summed E-state index contributed by atoms with van der Waals surface area (Å²) < 4.78 is 5.09. The quantitative estimate of drug-likeness (QED) is 0.543. The minimum atomic E-state index is 1.01. The standard InChI is InChI=1S/C8H9NO/c1-6-7-4-2-3-5-8(7)10-9-6/h2,4H,3,5H2,1H3. The first-order chi connectivity index (χ1) is 4.88. The van der Waals surface area contributed by atoms with Gasteiger partial charge in [0, 0.05) is 12.0 Å². The molecule has 0 aliphatic heterocycles. The number of rotatable bonds is 0. The number of allylic oxidation sites excluding steroid dienone is 1. The Bertz CT molecular complexity index is 273. The molecule has 1 aliphatic rings. The van der Waals surface area contributed by atoms with Crippen molar-refractivity contribution in [2.75, 3.05) is 0 Å². The molecule has 0 bridgehead atoms. The fraction of sp³-hybridized carbons (Fsp3) is 0.375. The first kappa shape index (κ1) is 5.71. The van der Waals surface area contributed by atoms with E-state index in [1.165, 1.54) is 5.56 Å². The summed E-state index contributed by atoms with van der Waals surface area (Å²) in [7, 11) is 0. The monoisotopic (exact) mass is 135 g/mol. The zero-order valence-corrected chi connectivity index (χ0v) is 5.92. The van der Waals surface area contributed by atoms with Crippen LogP contribution in [0.4, 0.5) is 0 Å². The summed E-state index contributed by atoms with van der Waals surface area (Å²) >= 11 is 0. The molecule has 1 aromatic heterocycles. The maximum absolute atomic E-state index is 5.09. The van der Waals surface area contributed by atoms with Crippen LogP contribution in [-0.4, -0.2) is 5.16 Å². The predicted molar refractivity (Wildman–Crippen MR) is 38.6 cm³/mol. The van der Waals surface area contributed by atoms with Crippen LogP contribution in [0.3, 0.4) is 0 Å². The van der Waals surface area contributed by atoms with Gasteiger partial charge in [-0.2, -0.15) is 0 Å². The van der Waals surface area contributed by atoms with E-state index in [0.29, 0.717) is 0 Å². The number of fused-ring (bicyclic) bond motifs is 1. The number of hydrogen-bond donors (Lipinski definition) is 0. The summed E-state index contributed by atoms with van der Waals surface area (Å²) in [5.74, 6) is 1.04. The highest BCUT2D eigenvalue weighted by Crippen LogP contribution is 2.21. The fourth-order valence-electron chi connectivity index (χ4n) is 1.23. The van der Waals surface area contributed by atoms with Crippen LogP contribution in [0.1, 0.15) is 23.4 Å². The van der Waals surface area contributed by atoms with Crippen LogP contribution in [0, 0.1) is 6.92 Å². The van der Waals surface area contributed by atoms with Gasteiger partial charge in [-0.05, 0) is 13.3 Å². The van der Waals surface area contributed by atoms with Crippen molar-refractivity contribution < 1.29 is 4.52 Å². The Labute approximate surface area is 59.5 Å². The van der Waals surface area contributed by atoms with Crippen molar-refractivity contribution >= 4 is 6.08 Å². The molecule has 0 fully saturated rings. The van der Waals surface area contributed by atoms with Crippen LogP contribution < -0.4 is 0 Å². The Morgan fingerprint density at radius 1 is 1.60 bits per heavy atom. The zero-order valence-electron chi connectivity index (χ0n) is 5.92. The van der Waals surface area contributed by atoms with Crippen LogP contribution in [0.25, 0.3) is 6.08 Å². The van der Waals surface area contributed by atoms with Gasteiger partial charge < -0.3 is 4.52 Å². The molecular formula is C8H9NO. The molecule has 0 unspecified atom stereocenters. The van der Waals surface area contributed by atoms with Crippen molar-refractivity contribution in [3.63, 3.8) is 0 Å². The smallest absolute Gasteiger partial charge is 0.144 e. The number of hydrogen-bond acceptors (Lipinski definition) is 2. The second kappa shape index (κ2) is 1.97. The van der Waals surface area contributed by atoms with Gasteiger partial charge in [-0.1, -0.05) is 17.3 Å². The van der Waals surface area contributed by atoms with Gasteiger partial charge in [0.25, 0.3) is 0 Å². The molecule has 2 nitrogen and oxygen atoms in total. The Morgan fingerprint density at radius 2 is 2.50 bits per heavy atom. The van der Waals surface area contributed by atoms with E-state index in [-0.39, 0.29) is 0 Å². The van der Waals surface area contributed by atoms with Gasteiger partial charge in [0.1, 0.15) is 5.76 Å². The van der Waals surface area contributed by atoms with Gasteiger partial charge in [0.15, 0.2) is 0 Å². The number of aromatic nitrogens is 1. The van der Waals surface area contributed by atoms with Gasteiger partial charge in [0.05, 0.1) is 5.69 Å². The molecule has 0 radical (unpaired) electrons. The number of nitrogens with zero attached hydrogens (tertiary/aromatic N) is 1. The molecule has 1 aliphatic carbocycles. The normalized spacial score (nSPS) is 15.3. The lowest BCUT2D eigenvalue weighted by Crippen LogP contribution is -1.89. The molecule has 1 aromatic rings. The topological polar surface area (TPSA) is 26.0 Å². The van der Waals surface area contributed by atoms with Crippen LogP contribution >= 0.6 is 0 Å². The zero-order chi connectivity index (χ0) is 6.97. The largest absolute Gasteiger partial charge is 0.360 e. The molecular weight excluding hydrogens is 126 g/mol.